The number of hydrogen-bond donors (Lipinski definition) is 0. The second kappa shape index (κ2) is 6.98. The Hall–Kier alpha value is -2.17. The lowest BCUT2D eigenvalue weighted by Crippen LogP contribution is -2.46. The Bertz CT molecular complexity index is 871. The summed E-state index contributed by atoms with van der Waals surface area (Å²) in [5.41, 5.74) is 4.84. The molecule has 0 amide bonds. The smallest absolute Gasteiger partial charge is 0.129 e. The molecule has 3 aromatic rings. The van der Waals surface area contributed by atoms with Crippen LogP contribution in [0.2, 0.25) is 5.15 Å². The summed E-state index contributed by atoms with van der Waals surface area (Å²) in [7, 11) is 0. The van der Waals surface area contributed by atoms with Gasteiger partial charge in [0.05, 0.1) is 5.52 Å². The van der Waals surface area contributed by atoms with E-state index in [1.165, 1.54) is 22.2 Å². The first-order valence-corrected chi connectivity index (χ1v) is 9.00. The monoisotopic (exact) mass is 352 g/mol. The van der Waals surface area contributed by atoms with Crippen LogP contribution in [0.25, 0.3) is 10.9 Å². The van der Waals surface area contributed by atoms with Gasteiger partial charge >= 0.3 is 0 Å². The Morgan fingerprint density at radius 3 is 2.60 bits per heavy atom. The van der Waals surface area contributed by atoms with E-state index >= 15 is 0 Å². The maximum atomic E-state index is 5.86. The Morgan fingerprint density at radius 2 is 1.84 bits per heavy atom. The van der Waals surface area contributed by atoms with Gasteiger partial charge < -0.3 is 4.90 Å². The van der Waals surface area contributed by atoms with Gasteiger partial charge in [-0.25, -0.2) is 4.98 Å². The highest BCUT2D eigenvalue weighted by molar-refractivity contribution is 6.29. The zero-order valence-corrected chi connectivity index (χ0v) is 15.1. The molecule has 0 atom stereocenters. The zero-order chi connectivity index (χ0) is 17.2. The van der Waals surface area contributed by atoms with Crippen molar-refractivity contribution < 1.29 is 0 Å². The number of anilines is 1. The Kier molecular flexibility index (Phi) is 4.55. The topological polar surface area (TPSA) is 32.3 Å². The molecule has 0 unspecified atom stereocenters. The predicted molar refractivity (Wildman–Crippen MR) is 103 cm³/mol. The van der Waals surface area contributed by atoms with Gasteiger partial charge in [-0.1, -0.05) is 35.9 Å². The lowest BCUT2D eigenvalue weighted by molar-refractivity contribution is 0.250. The minimum Gasteiger partial charge on any atom is -0.368 e. The van der Waals surface area contributed by atoms with Crippen molar-refractivity contribution in [3.05, 3.63) is 65.1 Å². The molecule has 128 valence electrons. The highest BCUT2D eigenvalue weighted by Crippen LogP contribution is 2.28. The number of piperazine rings is 1. The SMILES string of the molecule is Cc1cccc2c(N3CCN(Cc4ccc(Cl)nc4)CC3)ccnc12. The van der Waals surface area contributed by atoms with Gasteiger partial charge in [-0.3, -0.25) is 9.88 Å². The number of aromatic nitrogens is 2. The van der Waals surface area contributed by atoms with Crippen molar-refractivity contribution in [1.82, 2.24) is 14.9 Å². The summed E-state index contributed by atoms with van der Waals surface area (Å²) in [6.07, 6.45) is 3.80. The molecule has 3 heterocycles. The van der Waals surface area contributed by atoms with Crippen LogP contribution in [0.3, 0.4) is 0 Å². The molecule has 2 aromatic heterocycles. The van der Waals surface area contributed by atoms with E-state index in [-0.39, 0.29) is 0 Å². The van der Waals surface area contributed by atoms with E-state index in [0.29, 0.717) is 5.15 Å². The molecule has 0 bridgehead atoms. The average Bonchev–Trinajstić information content (AvgIpc) is 2.64. The third-order valence-electron chi connectivity index (χ3n) is 4.86. The van der Waals surface area contributed by atoms with E-state index in [1.807, 2.05) is 18.5 Å². The molecule has 1 aliphatic rings. The molecule has 0 spiro atoms. The number of benzene rings is 1. The van der Waals surface area contributed by atoms with Crippen LogP contribution < -0.4 is 4.90 Å². The van der Waals surface area contributed by atoms with Crippen LogP contribution in [0, 0.1) is 6.92 Å². The molecule has 0 aliphatic carbocycles. The van der Waals surface area contributed by atoms with Gasteiger partial charge in [0.2, 0.25) is 0 Å². The summed E-state index contributed by atoms with van der Waals surface area (Å²) in [5, 5.41) is 1.80. The number of hydrogen-bond acceptors (Lipinski definition) is 4. The summed E-state index contributed by atoms with van der Waals surface area (Å²) in [5.74, 6) is 0. The van der Waals surface area contributed by atoms with Crippen LogP contribution in [-0.4, -0.2) is 41.0 Å². The van der Waals surface area contributed by atoms with Crippen LogP contribution in [0.15, 0.2) is 48.8 Å². The van der Waals surface area contributed by atoms with Crippen LogP contribution in [-0.2, 0) is 6.54 Å². The molecule has 0 N–H and O–H groups in total. The van der Waals surface area contributed by atoms with Crippen LogP contribution in [0.5, 0.6) is 0 Å². The number of aryl methyl sites for hydroxylation is 1. The van der Waals surface area contributed by atoms with Crippen molar-refractivity contribution in [3.8, 4) is 0 Å². The van der Waals surface area contributed by atoms with Crippen molar-refractivity contribution in [1.29, 1.82) is 0 Å². The van der Waals surface area contributed by atoms with Crippen molar-refractivity contribution in [2.24, 2.45) is 0 Å². The molecule has 1 aliphatic heterocycles. The summed E-state index contributed by atoms with van der Waals surface area (Å²) in [6.45, 7) is 7.17. The number of para-hydroxylation sites is 1. The Balaban J connectivity index is 1.47. The third kappa shape index (κ3) is 3.46. The van der Waals surface area contributed by atoms with Gasteiger partial charge in [0, 0.05) is 56.2 Å². The normalized spacial score (nSPS) is 15.7. The molecular formula is C20H21ClN4. The first kappa shape index (κ1) is 16.3. The van der Waals surface area contributed by atoms with E-state index in [9.17, 15) is 0 Å². The highest BCUT2D eigenvalue weighted by Gasteiger charge is 2.19. The van der Waals surface area contributed by atoms with Crippen molar-refractivity contribution in [2.75, 3.05) is 31.1 Å². The fraction of sp³-hybridized carbons (Fsp3) is 0.300. The summed E-state index contributed by atoms with van der Waals surface area (Å²) >= 11 is 5.86. The predicted octanol–water partition coefficient (Wildman–Crippen LogP) is 3.91. The standard InChI is InChI=1S/C20H21ClN4/c1-15-3-2-4-17-18(7-8-22-20(15)17)25-11-9-24(10-12-25)14-16-5-6-19(21)23-13-16/h2-8,13H,9-12,14H2,1H3. The van der Waals surface area contributed by atoms with Gasteiger partial charge in [0.1, 0.15) is 5.15 Å². The Labute approximate surface area is 153 Å². The lowest BCUT2D eigenvalue weighted by Gasteiger charge is -2.36. The van der Waals surface area contributed by atoms with Gasteiger partial charge in [0.25, 0.3) is 0 Å². The molecule has 4 nitrogen and oxygen atoms in total. The summed E-state index contributed by atoms with van der Waals surface area (Å²) < 4.78 is 0. The minimum absolute atomic E-state index is 0.549. The molecule has 1 saturated heterocycles. The molecule has 25 heavy (non-hydrogen) atoms. The molecule has 1 aromatic carbocycles. The first-order chi connectivity index (χ1) is 12.2. The van der Waals surface area contributed by atoms with Crippen LogP contribution >= 0.6 is 11.6 Å². The number of pyridine rings is 2. The van der Waals surface area contributed by atoms with Crippen molar-refractivity contribution in [3.63, 3.8) is 0 Å². The van der Waals surface area contributed by atoms with Crippen LogP contribution in [0.1, 0.15) is 11.1 Å². The minimum atomic E-state index is 0.549. The third-order valence-corrected chi connectivity index (χ3v) is 5.08. The number of rotatable bonds is 3. The van der Waals surface area contributed by atoms with Crippen molar-refractivity contribution in [2.45, 2.75) is 13.5 Å². The number of fused-ring (bicyclic) bond motifs is 1. The molecular weight excluding hydrogens is 332 g/mol. The fourth-order valence-electron chi connectivity index (χ4n) is 3.49. The number of halogens is 1. The van der Waals surface area contributed by atoms with Crippen LogP contribution in [0.4, 0.5) is 5.69 Å². The van der Waals surface area contributed by atoms with Gasteiger partial charge in [0.15, 0.2) is 0 Å². The Morgan fingerprint density at radius 1 is 1.00 bits per heavy atom. The quantitative estimate of drug-likeness (QED) is 0.669. The zero-order valence-electron chi connectivity index (χ0n) is 14.3. The van der Waals surface area contributed by atoms with E-state index in [0.717, 1.165) is 38.2 Å². The maximum absolute atomic E-state index is 5.86. The molecule has 1 fully saturated rings. The summed E-state index contributed by atoms with van der Waals surface area (Å²) in [4.78, 5) is 13.7. The average molecular weight is 353 g/mol. The second-order valence-corrected chi connectivity index (χ2v) is 6.94. The first-order valence-electron chi connectivity index (χ1n) is 8.63. The largest absolute Gasteiger partial charge is 0.368 e. The van der Waals surface area contributed by atoms with E-state index in [1.54, 1.807) is 0 Å². The maximum Gasteiger partial charge on any atom is 0.129 e. The van der Waals surface area contributed by atoms with E-state index < -0.39 is 0 Å². The molecule has 5 heteroatoms. The fourth-order valence-corrected chi connectivity index (χ4v) is 3.60. The molecule has 0 saturated carbocycles. The molecule has 0 radical (unpaired) electrons. The van der Waals surface area contributed by atoms with Gasteiger partial charge in [-0.15, -0.1) is 0 Å². The van der Waals surface area contributed by atoms with Gasteiger partial charge in [-0.05, 0) is 30.2 Å². The summed E-state index contributed by atoms with van der Waals surface area (Å²) in [6, 6.07) is 12.5. The number of nitrogens with zero attached hydrogens (tertiary/aromatic N) is 4. The van der Waals surface area contributed by atoms with E-state index in [2.05, 4.69) is 57.0 Å². The second-order valence-electron chi connectivity index (χ2n) is 6.55. The highest BCUT2D eigenvalue weighted by atomic mass is 35.5. The molecule has 4 rings (SSSR count). The lowest BCUT2D eigenvalue weighted by atomic mass is 10.1. The van der Waals surface area contributed by atoms with E-state index in [4.69, 9.17) is 11.6 Å². The van der Waals surface area contributed by atoms with Crippen molar-refractivity contribution >= 4 is 28.2 Å². The van der Waals surface area contributed by atoms with Gasteiger partial charge in [-0.2, -0.15) is 0 Å².